The molecular formula is C7H9Br2NO3. The van der Waals surface area contributed by atoms with E-state index in [2.05, 4.69) is 27.0 Å². The second kappa shape index (κ2) is 7.40. The highest BCUT2D eigenvalue weighted by Crippen LogP contribution is 2.06. The maximum atomic E-state index is 8.63. The van der Waals surface area contributed by atoms with Crippen LogP contribution in [0.4, 0.5) is 0 Å². The summed E-state index contributed by atoms with van der Waals surface area (Å²) in [6, 6.07) is 4.01. The van der Waals surface area contributed by atoms with Gasteiger partial charge in [0, 0.05) is 17.2 Å². The third-order valence-electron chi connectivity index (χ3n) is 1.26. The van der Waals surface area contributed by atoms with Crippen LogP contribution < -0.4 is 8.40 Å². The summed E-state index contributed by atoms with van der Waals surface area (Å²) < 4.78 is 24.3. The number of pyridine rings is 1. The van der Waals surface area contributed by atoms with Gasteiger partial charge < -0.3 is 8.40 Å². The van der Waals surface area contributed by atoms with Crippen LogP contribution in [0.25, 0.3) is 0 Å². The maximum absolute atomic E-state index is 8.63. The lowest BCUT2D eigenvalue weighted by Crippen LogP contribution is -2.30. The van der Waals surface area contributed by atoms with E-state index in [0.717, 1.165) is 11.0 Å². The fourth-order valence-corrected chi connectivity index (χ4v) is 1.25. The number of nitrogens with zero attached hydrogens (tertiary/aromatic N) is 1. The predicted octanol–water partition coefficient (Wildman–Crippen LogP) is -0.650. The van der Waals surface area contributed by atoms with Crippen molar-refractivity contribution in [3.05, 3.63) is 29.6 Å². The Morgan fingerprint density at radius 2 is 2.15 bits per heavy atom. The number of rotatable bonds is 1. The highest BCUT2D eigenvalue weighted by atomic mass is 80.0. The van der Waals surface area contributed by atoms with Crippen LogP contribution >= 0.6 is 15.9 Å². The summed E-state index contributed by atoms with van der Waals surface area (Å²) in [5, 5.41) is 0.896. The van der Waals surface area contributed by atoms with E-state index < -0.39 is 14.8 Å². The Balaban J connectivity index is 0.000000310. The first-order valence-electron chi connectivity index (χ1n) is 3.29. The summed E-state index contributed by atoms with van der Waals surface area (Å²) >= 11 is -0.0275. The Labute approximate surface area is 90.2 Å². The van der Waals surface area contributed by atoms with Gasteiger partial charge in [-0.05, 0) is 22.8 Å². The van der Waals surface area contributed by atoms with Gasteiger partial charge in [0.15, 0.2) is 0 Å². The molecular weight excluding hydrogens is 306 g/mol. The third-order valence-corrected chi connectivity index (χ3v) is 1.86. The Morgan fingerprint density at radius 1 is 1.62 bits per heavy atom. The van der Waals surface area contributed by atoms with Gasteiger partial charge in [-0.1, -0.05) is 22.0 Å². The van der Waals surface area contributed by atoms with Crippen LogP contribution in [0.15, 0.2) is 18.3 Å². The molecule has 0 saturated carbocycles. The first kappa shape index (κ1) is 13.0. The van der Waals surface area contributed by atoms with Crippen molar-refractivity contribution in [2.45, 2.75) is 12.3 Å². The monoisotopic (exact) mass is 313 g/mol. The molecule has 0 aromatic carbocycles. The van der Waals surface area contributed by atoms with E-state index >= 15 is 0 Å². The summed E-state index contributed by atoms with van der Waals surface area (Å²) in [5.41, 5.74) is 2.37. The molecule has 0 aliphatic rings. The van der Waals surface area contributed by atoms with E-state index in [9.17, 15) is 0 Å². The molecule has 6 heteroatoms. The summed E-state index contributed by atoms with van der Waals surface area (Å²) in [6.45, 7) is 2.01. The average Bonchev–Trinajstić information content (AvgIpc) is 2.04. The molecule has 1 N–H and O–H groups in total. The second-order valence-corrected chi connectivity index (χ2v) is 3.49. The van der Waals surface area contributed by atoms with E-state index in [1.807, 2.05) is 19.2 Å². The van der Waals surface area contributed by atoms with E-state index in [1.165, 1.54) is 5.56 Å². The van der Waals surface area contributed by atoms with E-state index in [-0.39, 0.29) is 0 Å². The zero-order valence-electron chi connectivity index (χ0n) is 6.91. The van der Waals surface area contributed by atoms with Crippen LogP contribution in [0.2, 0.25) is 0 Å². The molecule has 0 radical (unpaired) electrons. The number of halogens is 2. The number of hydrogen-bond donors (Lipinski definition) is 1. The summed E-state index contributed by atoms with van der Waals surface area (Å²) in [7, 11) is 0. The molecule has 74 valence electrons. The summed E-state index contributed by atoms with van der Waals surface area (Å²) in [4.78, 5) is 4.12. The largest absolute Gasteiger partial charge is 0.433 e. The van der Waals surface area contributed by atoms with Crippen molar-refractivity contribution in [1.29, 1.82) is 0 Å². The molecule has 0 unspecified atom stereocenters. The van der Waals surface area contributed by atoms with E-state index in [4.69, 9.17) is 12.6 Å². The fourth-order valence-electron chi connectivity index (χ4n) is 0.659. The number of alkyl halides is 1. The van der Waals surface area contributed by atoms with Crippen molar-refractivity contribution in [1.82, 2.24) is 4.98 Å². The van der Waals surface area contributed by atoms with Crippen LogP contribution in [0, 0.1) is 21.7 Å². The van der Waals surface area contributed by atoms with Crippen molar-refractivity contribution in [2.75, 3.05) is 0 Å². The first-order valence-corrected chi connectivity index (χ1v) is 6.41. The quantitative estimate of drug-likeness (QED) is 0.699. The van der Waals surface area contributed by atoms with Gasteiger partial charge in [-0.3, -0.25) is 4.98 Å². The van der Waals surface area contributed by atoms with E-state index in [1.54, 1.807) is 0 Å². The van der Waals surface area contributed by atoms with Gasteiger partial charge in [0.25, 0.3) is 0 Å². The van der Waals surface area contributed by atoms with Crippen LogP contribution in [-0.4, -0.2) is 9.18 Å². The Kier molecular flexibility index (Phi) is 7.39. The van der Waals surface area contributed by atoms with Gasteiger partial charge in [-0.15, -0.1) is 0 Å². The van der Waals surface area contributed by atoms with Crippen molar-refractivity contribution >= 4 is 15.9 Å². The van der Waals surface area contributed by atoms with Gasteiger partial charge in [-0.2, -0.15) is 0 Å². The summed E-state index contributed by atoms with van der Waals surface area (Å²) in [6.07, 6.45) is 1.81. The van der Waals surface area contributed by atoms with Crippen molar-refractivity contribution < 1.29 is 27.4 Å². The molecule has 0 amide bonds. The molecule has 1 aromatic rings. The lowest BCUT2D eigenvalue weighted by molar-refractivity contribution is -1.63. The molecule has 4 nitrogen and oxygen atoms in total. The zero-order chi connectivity index (χ0) is 10.3. The predicted molar refractivity (Wildman–Crippen MR) is 43.8 cm³/mol. The van der Waals surface area contributed by atoms with Crippen molar-refractivity contribution in [3.8, 4) is 0 Å². The molecule has 13 heavy (non-hydrogen) atoms. The van der Waals surface area contributed by atoms with Crippen LogP contribution in [0.1, 0.15) is 11.3 Å². The van der Waals surface area contributed by atoms with Gasteiger partial charge in [0.2, 0.25) is 0 Å². The second-order valence-electron chi connectivity index (χ2n) is 2.08. The third kappa shape index (κ3) is 7.09. The molecule has 1 heterocycles. The van der Waals surface area contributed by atoms with Crippen molar-refractivity contribution in [3.63, 3.8) is 0 Å². The van der Waals surface area contributed by atoms with Gasteiger partial charge in [0.1, 0.15) is 0 Å². The molecule has 0 aliphatic carbocycles. The minimum Gasteiger partial charge on any atom is -0.372 e. The standard InChI is InChI=1S/C7H8BrN.BrHO3/c1-6-7(5-8)3-2-4-9-6;2-1(3)4/h2-4H,5H2,1H3;2H. The van der Waals surface area contributed by atoms with Crippen molar-refractivity contribution in [2.24, 2.45) is 0 Å². The normalized spacial score (nSPS) is 9.38. The minimum absolute atomic E-state index is 0.896. The lowest BCUT2D eigenvalue weighted by atomic mass is 10.2. The molecule has 0 atom stereocenters. The molecule has 0 saturated heterocycles. The van der Waals surface area contributed by atoms with Crippen LogP contribution in [-0.2, 0) is 5.33 Å². The Bertz CT molecular complexity index is 242. The topological polar surface area (TPSA) is 79.2 Å². The zero-order valence-corrected chi connectivity index (χ0v) is 10.1. The minimum atomic E-state index is -3.40. The highest BCUT2D eigenvalue weighted by molar-refractivity contribution is 9.08. The van der Waals surface area contributed by atoms with Crippen LogP contribution in [0.3, 0.4) is 0 Å². The number of hydrogen-bond acceptors (Lipinski definition) is 4. The molecule has 0 bridgehead atoms. The number of aromatic nitrogens is 1. The van der Waals surface area contributed by atoms with Gasteiger partial charge >= 0.3 is 14.8 Å². The maximum Gasteiger partial charge on any atom is 0.433 e. The molecule has 0 spiro atoms. The van der Waals surface area contributed by atoms with Gasteiger partial charge in [0.05, 0.1) is 0 Å². The van der Waals surface area contributed by atoms with Gasteiger partial charge in [-0.25, -0.2) is 0 Å². The Morgan fingerprint density at radius 3 is 2.46 bits per heavy atom. The van der Waals surface area contributed by atoms with E-state index in [0.29, 0.717) is 0 Å². The summed E-state index contributed by atoms with van der Waals surface area (Å²) in [5.74, 6) is 0. The highest BCUT2D eigenvalue weighted by Gasteiger charge is 1.92. The first-order chi connectivity index (χ1) is 6.07. The fraction of sp³-hybridized carbons (Fsp3) is 0.286. The van der Waals surface area contributed by atoms with Crippen LogP contribution in [0.5, 0.6) is 0 Å². The lowest BCUT2D eigenvalue weighted by Gasteiger charge is -1.96. The SMILES string of the molecule is Cc1ncccc1CBr.[O-][Br+2]([O-])O. The molecule has 1 aromatic heterocycles. The molecule has 0 fully saturated rings. The number of aryl methyl sites for hydroxylation is 1. The average molecular weight is 315 g/mol. The molecule has 0 aliphatic heterocycles. The smallest absolute Gasteiger partial charge is 0.372 e. The molecule has 1 rings (SSSR count). The Hall–Kier alpha value is -0.0100.